The van der Waals surface area contributed by atoms with Gasteiger partial charge in [0.2, 0.25) is 0 Å². The topological polar surface area (TPSA) is 53.0 Å². The van der Waals surface area contributed by atoms with Crippen LogP contribution in [0.3, 0.4) is 0 Å². The van der Waals surface area contributed by atoms with E-state index < -0.39 is 5.54 Å². The molecule has 0 amide bonds. The molecule has 0 saturated heterocycles. The van der Waals surface area contributed by atoms with E-state index in [1.807, 2.05) is 11.9 Å². The second-order valence-electron chi connectivity index (χ2n) is 4.41. The van der Waals surface area contributed by atoms with Crippen molar-refractivity contribution in [2.45, 2.75) is 25.8 Å². The van der Waals surface area contributed by atoms with Gasteiger partial charge in [-0.1, -0.05) is 19.1 Å². The summed E-state index contributed by atoms with van der Waals surface area (Å²) in [6.07, 6.45) is 1.04. The highest BCUT2D eigenvalue weighted by Crippen LogP contribution is 2.15. The lowest BCUT2D eigenvalue weighted by molar-refractivity contribution is 0.593. The minimum absolute atomic E-state index is 0.523. The average Bonchev–Trinajstić information content (AvgIpc) is 2.28. The van der Waals surface area contributed by atoms with Gasteiger partial charge in [0, 0.05) is 19.3 Å². The molecular formula is C13H19N3. The molecule has 1 atom stereocenters. The van der Waals surface area contributed by atoms with Gasteiger partial charge in [-0.3, -0.25) is 0 Å². The smallest absolute Gasteiger partial charge is 0.119 e. The first kappa shape index (κ1) is 12.5. The van der Waals surface area contributed by atoms with E-state index in [0.29, 0.717) is 6.54 Å². The monoisotopic (exact) mass is 217 g/mol. The van der Waals surface area contributed by atoms with E-state index in [1.165, 1.54) is 5.56 Å². The highest BCUT2D eigenvalue weighted by molar-refractivity contribution is 5.47. The molecule has 0 aliphatic heterocycles. The Morgan fingerprint density at radius 2 is 1.94 bits per heavy atom. The molecule has 0 aliphatic rings. The summed E-state index contributed by atoms with van der Waals surface area (Å²) in [5.74, 6) is 0. The molecule has 16 heavy (non-hydrogen) atoms. The van der Waals surface area contributed by atoms with Crippen LogP contribution >= 0.6 is 0 Å². The molecule has 2 N–H and O–H groups in total. The maximum Gasteiger partial charge on any atom is 0.119 e. The van der Waals surface area contributed by atoms with Crippen molar-refractivity contribution in [2.75, 3.05) is 18.5 Å². The minimum Gasteiger partial charge on any atom is -0.372 e. The fourth-order valence-corrected chi connectivity index (χ4v) is 1.61. The van der Waals surface area contributed by atoms with Gasteiger partial charge in [0.25, 0.3) is 0 Å². The summed E-state index contributed by atoms with van der Waals surface area (Å²) in [6, 6.07) is 10.4. The van der Waals surface area contributed by atoms with Crippen molar-refractivity contribution in [1.82, 2.24) is 0 Å². The van der Waals surface area contributed by atoms with Crippen LogP contribution in [0.1, 0.15) is 19.4 Å². The van der Waals surface area contributed by atoms with E-state index in [-0.39, 0.29) is 0 Å². The average molecular weight is 217 g/mol. The molecule has 0 aliphatic carbocycles. The normalized spacial score (nSPS) is 13.9. The highest BCUT2D eigenvalue weighted by Gasteiger charge is 2.19. The first-order chi connectivity index (χ1) is 7.48. The molecule has 3 nitrogen and oxygen atoms in total. The zero-order chi connectivity index (χ0) is 12.2. The van der Waals surface area contributed by atoms with Crippen molar-refractivity contribution in [2.24, 2.45) is 5.73 Å². The number of nitrogens with two attached hydrogens (primary N) is 1. The molecular weight excluding hydrogens is 198 g/mol. The third-order valence-corrected chi connectivity index (χ3v) is 2.61. The van der Waals surface area contributed by atoms with E-state index in [1.54, 1.807) is 6.92 Å². The Morgan fingerprint density at radius 1 is 1.38 bits per heavy atom. The molecule has 0 aromatic heterocycles. The van der Waals surface area contributed by atoms with Crippen LogP contribution in [0.15, 0.2) is 24.3 Å². The number of nitriles is 1. The SMILES string of the molecule is CCc1ccc(N(C)CC(C)(N)C#N)cc1. The maximum absolute atomic E-state index is 8.87. The van der Waals surface area contributed by atoms with Gasteiger partial charge in [0.15, 0.2) is 0 Å². The molecule has 86 valence electrons. The van der Waals surface area contributed by atoms with Crippen LogP contribution in [0.2, 0.25) is 0 Å². The third kappa shape index (κ3) is 3.25. The largest absolute Gasteiger partial charge is 0.372 e. The van der Waals surface area contributed by atoms with Crippen LogP contribution in [0.5, 0.6) is 0 Å². The number of hydrogen-bond acceptors (Lipinski definition) is 3. The van der Waals surface area contributed by atoms with Crippen LogP contribution in [0.25, 0.3) is 0 Å². The lowest BCUT2D eigenvalue weighted by Crippen LogP contribution is -2.45. The first-order valence-electron chi connectivity index (χ1n) is 5.48. The number of rotatable bonds is 4. The number of hydrogen-bond donors (Lipinski definition) is 1. The zero-order valence-electron chi connectivity index (χ0n) is 10.2. The summed E-state index contributed by atoms with van der Waals surface area (Å²) < 4.78 is 0. The molecule has 0 heterocycles. The zero-order valence-corrected chi connectivity index (χ0v) is 10.2. The molecule has 0 radical (unpaired) electrons. The van der Waals surface area contributed by atoms with Crippen molar-refractivity contribution in [3.05, 3.63) is 29.8 Å². The van der Waals surface area contributed by atoms with Gasteiger partial charge < -0.3 is 10.6 Å². The van der Waals surface area contributed by atoms with Crippen molar-refractivity contribution in [3.8, 4) is 6.07 Å². The predicted molar refractivity (Wildman–Crippen MR) is 67.3 cm³/mol. The summed E-state index contributed by atoms with van der Waals surface area (Å²) in [5, 5.41) is 8.87. The van der Waals surface area contributed by atoms with Crippen LogP contribution in [-0.2, 0) is 6.42 Å². The Hall–Kier alpha value is -1.53. The van der Waals surface area contributed by atoms with Gasteiger partial charge in [-0.2, -0.15) is 5.26 Å². The molecule has 1 unspecified atom stereocenters. The summed E-state index contributed by atoms with van der Waals surface area (Å²) >= 11 is 0. The third-order valence-electron chi connectivity index (χ3n) is 2.61. The van der Waals surface area contributed by atoms with Crippen LogP contribution in [0.4, 0.5) is 5.69 Å². The number of nitrogens with zero attached hydrogens (tertiary/aromatic N) is 2. The molecule has 1 aromatic carbocycles. The Bertz CT molecular complexity index is 373. The van der Waals surface area contributed by atoms with Crippen molar-refractivity contribution in [3.63, 3.8) is 0 Å². The van der Waals surface area contributed by atoms with Gasteiger partial charge in [-0.25, -0.2) is 0 Å². The van der Waals surface area contributed by atoms with Crippen molar-refractivity contribution in [1.29, 1.82) is 5.26 Å². The quantitative estimate of drug-likeness (QED) is 0.838. The number of likely N-dealkylation sites (N-methyl/N-ethyl adjacent to an activating group) is 1. The van der Waals surface area contributed by atoms with E-state index in [2.05, 4.69) is 37.3 Å². The second kappa shape index (κ2) is 5.00. The van der Waals surface area contributed by atoms with Crippen molar-refractivity contribution < 1.29 is 0 Å². The van der Waals surface area contributed by atoms with Gasteiger partial charge in [0.1, 0.15) is 5.54 Å². The molecule has 3 heteroatoms. The van der Waals surface area contributed by atoms with E-state index in [4.69, 9.17) is 11.0 Å². The fraction of sp³-hybridized carbons (Fsp3) is 0.462. The van der Waals surface area contributed by atoms with Gasteiger partial charge >= 0.3 is 0 Å². The Morgan fingerprint density at radius 3 is 2.38 bits per heavy atom. The predicted octanol–water partition coefficient (Wildman–Crippen LogP) is 1.93. The number of anilines is 1. The number of aryl methyl sites for hydroxylation is 1. The second-order valence-corrected chi connectivity index (χ2v) is 4.41. The molecule has 1 rings (SSSR count). The standard InChI is InChI=1S/C13H19N3/c1-4-11-5-7-12(8-6-11)16(3)10-13(2,15)9-14/h5-8H,4,10,15H2,1-3H3. The summed E-state index contributed by atoms with van der Waals surface area (Å²) in [6.45, 7) is 4.39. The molecule has 0 saturated carbocycles. The summed E-state index contributed by atoms with van der Waals surface area (Å²) in [7, 11) is 1.95. The van der Waals surface area contributed by atoms with Gasteiger partial charge in [-0.05, 0) is 31.0 Å². The molecule has 0 bridgehead atoms. The van der Waals surface area contributed by atoms with Gasteiger partial charge in [-0.15, -0.1) is 0 Å². The minimum atomic E-state index is -0.807. The van der Waals surface area contributed by atoms with Crippen LogP contribution < -0.4 is 10.6 Å². The molecule has 0 spiro atoms. The van der Waals surface area contributed by atoms with Crippen LogP contribution in [-0.4, -0.2) is 19.1 Å². The Kier molecular flexibility index (Phi) is 3.92. The van der Waals surface area contributed by atoms with Crippen LogP contribution in [0, 0.1) is 11.3 Å². The van der Waals surface area contributed by atoms with Gasteiger partial charge in [0.05, 0.1) is 6.07 Å². The fourth-order valence-electron chi connectivity index (χ4n) is 1.61. The lowest BCUT2D eigenvalue weighted by Gasteiger charge is -2.26. The van der Waals surface area contributed by atoms with E-state index >= 15 is 0 Å². The summed E-state index contributed by atoms with van der Waals surface area (Å²) in [5.41, 5.74) is 7.40. The Balaban J connectivity index is 2.74. The van der Waals surface area contributed by atoms with E-state index in [0.717, 1.165) is 12.1 Å². The molecule has 1 aromatic rings. The Labute approximate surface area is 97.5 Å². The molecule has 0 fully saturated rings. The summed E-state index contributed by atoms with van der Waals surface area (Å²) in [4.78, 5) is 2.00. The number of benzene rings is 1. The first-order valence-corrected chi connectivity index (χ1v) is 5.48. The van der Waals surface area contributed by atoms with Crippen molar-refractivity contribution >= 4 is 5.69 Å². The maximum atomic E-state index is 8.87. The lowest BCUT2D eigenvalue weighted by atomic mass is 10.1. The van der Waals surface area contributed by atoms with E-state index in [9.17, 15) is 0 Å². The highest BCUT2D eigenvalue weighted by atomic mass is 15.1.